The van der Waals surface area contributed by atoms with Gasteiger partial charge in [-0.25, -0.2) is 4.98 Å². The van der Waals surface area contributed by atoms with E-state index in [9.17, 15) is 0 Å². The van der Waals surface area contributed by atoms with Crippen LogP contribution in [0.3, 0.4) is 0 Å². The molecule has 4 aromatic rings. The van der Waals surface area contributed by atoms with Gasteiger partial charge in [0.05, 0.1) is 10.2 Å². The average molecular weight is 290 g/mol. The molecule has 1 N–H and O–H groups in total. The van der Waals surface area contributed by atoms with Crippen LogP contribution in [-0.2, 0) is 0 Å². The van der Waals surface area contributed by atoms with Gasteiger partial charge in [0.2, 0.25) is 0 Å². The summed E-state index contributed by atoms with van der Waals surface area (Å²) in [5.41, 5.74) is 3.39. The second kappa shape index (κ2) is 4.86. The minimum atomic E-state index is 0.936. The van der Waals surface area contributed by atoms with Gasteiger partial charge in [-0.2, -0.15) is 0 Å². The van der Waals surface area contributed by atoms with Crippen molar-refractivity contribution in [1.82, 2.24) is 4.98 Å². The van der Waals surface area contributed by atoms with Gasteiger partial charge in [0.15, 0.2) is 5.13 Å². The molecule has 0 fully saturated rings. The van der Waals surface area contributed by atoms with Gasteiger partial charge in [0.1, 0.15) is 0 Å². The van der Waals surface area contributed by atoms with Gasteiger partial charge in [-0.1, -0.05) is 47.7 Å². The highest BCUT2D eigenvalue weighted by Crippen LogP contribution is 2.29. The number of aryl methyl sites for hydroxylation is 1. The normalized spacial score (nSPS) is 11.1. The Morgan fingerprint density at radius 2 is 1.76 bits per heavy atom. The monoisotopic (exact) mass is 290 g/mol. The largest absolute Gasteiger partial charge is 0.332 e. The first-order valence-electron chi connectivity index (χ1n) is 6.91. The van der Waals surface area contributed by atoms with Gasteiger partial charge in [-0.05, 0) is 47.5 Å². The molecular weight excluding hydrogens is 276 g/mol. The van der Waals surface area contributed by atoms with Crippen molar-refractivity contribution in [2.45, 2.75) is 6.92 Å². The van der Waals surface area contributed by atoms with Gasteiger partial charge in [0.25, 0.3) is 0 Å². The zero-order valence-corrected chi connectivity index (χ0v) is 12.4. The smallest absolute Gasteiger partial charge is 0.188 e. The summed E-state index contributed by atoms with van der Waals surface area (Å²) in [5, 5.41) is 6.84. The highest BCUT2D eigenvalue weighted by atomic mass is 32.1. The van der Waals surface area contributed by atoms with E-state index in [1.54, 1.807) is 11.3 Å². The molecule has 0 amide bonds. The predicted octanol–water partition coefficient (Wildman–Crippen LogP) is 5.50. The first-order valence-corrected chi connectivity index (χ1v) is 7.73. The zero-order valence-electron chi connectivity index (χ0n) is 11.6. The van der Waals surface area contributed by atoms with Crippen molar-refractivity contribution in [3.05, 3.63) is 66.2 Å². The lowest BCUT2D eigenvalue weighted by molar-refractivity contribution is 1.43. The molecule has 0 aliphatic heterocycles. The molecule has 2 nitrogen and oxygen atoms in total. The molecule has 102 valence electrons. The lowest BCUT2D eigenvalue weighted by Crippen LogP contribution is -1.88. The quantitative estimate of drug-likeness (QED) is 0.527. The summed E-state index contributed by atoms with van der Waals surface area (Å²) in [5.74, 6) is 0. The molecular formula is C18H14N2S. The van der Waals surface area contributed by atoms with E-state index < -0.39 is 0 Å². The summed E-state index contributed by atoms with van der Waals surface area (Å²) in [6.07, 6.45) is 0. The van der Waals surface area contributed by atoms with Crippen LogP contribution in [0, 0.1) is 6.92 Å². The minimum absolute atomic E-state index is 0.936. The number of thiazole rings is 1. The van der Waals surface area contributed by atoms with Gasteiger partial charge in [-0.3, -0.25) is 0 Å². The van der Waals surface area contributed by atoms with Crippen molar-refractivity contribution in [3.63, 3.8) is 0 Å². The standard InChI is InChI=1S/C18H14N2S/c1-12-6-9-16-17(10-12)21-18(20-16)19-15-8-7-13-4-2-3-5-14(13)11-15/h2-11H,1H3,(H,19,20). The van der Waals surface area contributed by atoms with E-state index in [0.29, 0.717) is 0 Å². The number of anilines is 2. The van der Waals surface area contributed by atoms with Crippen LogP contribution < -0.4 is 5.32 Å². The first kappa shape index (κ1) is 12.4. The minimum Gasteiger partial charge on any atom is -0.332 e. The fraction of sp³-hybridized carbons (Fsp3) is 0.0556. The molecule has 3 heteroatoms. The molecule has 0 aliphatic rings. The van der Waals surface area contributed by atoms with Crippen LogP contribution in [0.25, 0.3) is 21.0 Å². The number of aromatic nitrogens is 1. The second-order valence-electron chi connectivity index (χ2n) is 5.18. The second-order valence-corrected chi connectivity index (χ2v) is 6.21. The molecule has 1 aromatic heterocycles. The Labute approximate surface area is 127 Å². The van der Waals surface area contributed by atoms with Crippen LogP contribution in [0.15, 0.2) is 60.7 Å². The number of hydrogen-bond donors (Lipinski definition) is 1. The number of hydrogen-bond acceptors (Lipinski definition) is 3. The number of fused-ring (bicyclic) bond motifs is 2. The third kappa shape index (κ3) is 2.36. The van der Waals surface area contributed by atoms with Gasteiger partial charge in [-0.15, -0.1) is 0 Å². The highest BCUT2D eigenvalue weighted by Gasteiger charge is 2.04. The van der Waals surface area contributed by atoms with Crippen LogP contribution in [-0.4, -0.2) is 4.98 Å². The summed E-state index contributed by atoms with van der Waals surface area (Å²) < 4.78 is 1.22. The maximum absolute atomic E-state index is 4.64. The van der Waals surface area contributed by atoms with Gasteiger partial charge >= 0.3 is 0 Å². The van der Waals surface area contributed by atoms with Crippen molar-refractivity contribution in [3.8, 4) is 0 Å². The molecule has 0 bridgehead atoms. The SMILES string of the molecule is Cc1ccc2nc(Nc3ccc4ccccc4c3)sc2c1. The Bertz CT molecular complexity index is 940. The summed E-state index contributed by atoms with van der Waals surface area (Å²) in [4.78, 5) is 4.64. The molecule has 0 radical (unpaired) electrons. The van der Waals surface area contributed by atoms with Crippen LogP contribution in [0.2, 0.25) is 0 Å². The lowest BCUT2D eigenvalue weighted by atomic mass is 10.1. The fourth-order valence-corrected chi connectivity index (χ4v) is 3.46. The van der Waals surface area contributed by atoms with Crippen molar-refractivity contribution in [2.75, 3.05) is 5.32 Å². The summed E-state index contributed by atoms with van der Waals surface area (Å²) in [6.45, 7) is 2.11. The van der Waals surface area contributed by atoms with Crippen LogP contribution >= 0.6 is 11.3 Å². The third-order valence-electron chi connectivity index (χ3n) is 3.54. The molecule has 3 aromatic carbocycles. The molecule has 0 aliphatic carbocycles. The molecule has 0 saturated heterocycles. The first-order chi connectivity index (χ1) is 10.3. The van der Waals surface area contributed by atoms with Crippen molar-refractivity contribution in [1.29, 1.82) is 0 Å². The Morgan fingerprint density at radius 1 is 0.905 bits per heavy atom. The third-order valence-corrected chi connectivity index (χ3v) is 4.48. The van der Waals surface area contributed by atoms with E-state index in [1.165, 1.54) is 21.0 Å². The lowest BCUT2D eigenvalue weighted by Gasteiger charge is -2.04. The van der Waals surface area contributed by atoms with E-state index in [2.05, 4.69) is 77.9 Å². The number of nitrogens with zero attached hydrogens (tertiary/aromatic N) is 1. The number of benzene rings is 3. The summed E-state index contributed by atoms with van der Waals surface area (Å²) in [6, 6.07) is 21.1. The van der Waals surface area contributed by atoms with Gasteiger partial charge < -0.3 is 5.32 Å². The molecule has 0 saturated carbocycles. The summed E-state index contributed by atoms with van der Waals surface area (Å²) >= 11 is 1.69. The Kier molecular flexibility index (Phi) is 2.86. The van der Waals surface area contributed by atoms with Crippen LogP contribution in [0.4, 0.5) is 10.8 Å². The Balaban J connectivity index is 1.71. The fourth-order valence-electron chi connectivity index (χ4n) is 2.48. The predicted molar refractivity (Wildman–Crippen MR) is 91.6 cm³/mol. The van der Waals surface area contributed by atoms with Gasteiger partial charge in [0, 0.05) is 5.69 Å². The van der Waals surface area contributed by atoms with E-state index in [0.717, 1.165) is 16.3 Å². The van der Waals surface area contributed by atoms with Crippen LogP contribution in [0.1, 0.15) is 5.56 Å². The number of rotatable bonds is 2. The van der Waals surface area contributed by atoms with Crippen LogP contribution in [0.5, 0.6) is 0 Å². The highest BCUT2D eigenvalue weighted by molar-refractivity contribution is 7.22. The Morgan fingerprint density at radius 3 is 2.67 bits per heavy atom. The maximum atomic E-state index is 4.64. The van der Waals surface area contributed by atoms with Crippen molar-refractivity contribution < 1.29 is 0 Å². The van der Waals surface area contributed by atoms with E-state index in [4.69, 9.17) is 0 Å². The van der Waals surface area contributed by atoms with Crippen molar-refractivity contribution in [2.24, 2.45) is 0 Å². The van der Waals surface area contributed by atoms with E-state index >= 15 is 0 Å². The Hall–Kier alpha value is -2.39. The zero-order chi connectivity index (χ0) is 14.2. The molecule has 1 heterocycles. The molecule has 0 unspecified atom stereocenters. The maximum Gasteiger partial charge on any atom is 0.188 e. The van der Waals surface area contributed by atoms with E-state index in [-0.39, 0.29) is 0 Å². The average Bonchev–Trinajstić information content (AvgIpc) is 2.88. The topological polar surface area (TPSA) is 24.9 Å². The molecule has 4 rings (SSSR count). The molecule has 21 heavy (non-hydrogen) atoms. The number of nitrogens with one attached hydrogen (secondary N) is 1. The molecule has 0 atom stereocenters. The summed E-state index contributed by atoms with van der Waals surface area (Å²) in [7, 11) is 0. The van der Waals surface area contributed by atoms with Crippen molar-refractivity contribution >= 4 is 43.1 Å². The van der Waals surface area contributed by atoms with E-state index in [1.807, 2.05) is 0 Å². The molecule has 0 spiro atoms.